The van der Waals surface area contributed by atoms with Crippen LogP contribution in [0.25, 0.3) is 11.4 Å². The van der Waals surface area contributed by atoms with Crippen LogP contribution in [0.15, 0.2) is 35.4 Å². The Labute approximate surface area is 141 Å². The number of hydrogen-bond acceptors (Lipinski definition) is 4. The van der Waals surface area contributed by atoms with Gasteiger partial charge in [0.05, 0.1) is 32.3 Å². The third-order valence-electron chi connectivity index (χ3n) is 4.02. The molecular weight excluding hydrogens is 328 g/mol. The molecule has 4 nitrogen and oxygen atoms in total. The molecule has 0 fully saturated rings. The van der Waals surface area contributed by atoms with E-state index in [0.717, 1.165) is 19.5 Å². The molecule has 0 radical (unpaired) electrons. The van der Waals surface area contributed by atoms with Gasteiger partial charge in [-0.2, -0.15) is 0 Å². The largest absolute Gasteiger partial charge is 0.320 e. The van der Waals surface area contributed by atoms with E-state index in [2.05, 4.69) is 5.32 Å². The maximum absolute atomic E-state index is 12.8. The van der Waals surface area contributed by atoms with Crippen molar-refractivity contribution in [2.24, 2.45) is 0 Å². The van der Waals surface area contributed by atoms with Gasteiger partial charge in [0.15, 0.2) is 0 Å². The number of carbonyl (C=O) groups is 2. The molecule has 23 heavy (non-hydrogen) atoms. The fraction of sp³-hybridized carbons (Fsp3) is 0.176. The number of hydrogen-bond donors (Lipinski definition) is 1. The second-order valence-corrected chi connectivity index (χ2v) is 8.19. The Kier molecular flexibility index (Phi) is 3.08. The molecular formula is C17H14N2O2S2. The van der Waals surface area contributed by atoms with Crippen molar-refractivity contribution in [3.8, 4) is 0 Å². The molecule has 0 bridgehead atoms. The predicted molar refractivity (Wildman–Crippen MR) is 92.9 cm³/mol. The molecule has 4 heterocycles. The molecule has 0 saturated carbocycles. The summed E-state index contributed by atoms with van der Waals surface area (Å²) in [7, 11) is 1.73. The molecule has 0 atom stereocenters. The Balaban J connectivity index is 1.96. The second kappa shape index (κ2) is 4.91. The zero-order valence-corrected chi connectivity index (χ0v) is 14.5. The average molecular weight is 342 g/mol. The highest BCUT2D eigenvalue weighted by molar-refractivity contribution is 7.13. The van der Waals surface area contributed by atoms with Crippen LogP contribution in [-0.2, 0) is 9.59 Å². The molecule has 116 valence electrons. The second-order valence-electron chi connectivity index (χ2n) is 5.61. The Bertz CT molecular complexity index is 930. The van der Waals surface area contributed by atoms with Gasteiger partial charge < -0.3 is 10.2 Å². The van der Waals surface area contributed by atoms with E-state index in [9.17, 15) is 9.59 Å². The van der Waals surface area contributed by atoms with Gasteiger partial charge >= 0.3 is 0 Å². The number of likely N-dealkylation sites (N-methyl/N-ethyl adjacent to an activating group) is 1. The van der Waals surface area contributed by atoms with Gasteiger partial charge in [-0.15, -0.1) is 22.7 Å². The first-order valence-electron chi connectivity index (χ1n) is 7.19. The lowest BCUT2D eigenvalue weighted by Gasteiger charge is -2.14. The van der Waals surface area contributed by atoms with Crippen molar-refractivity contribution in [2.75, 3.05) is 7.05 Å². The first kappa shape index (κ1) is 14.4. The van der Waals surface area contributed by atoms with Crippen LogP contribution in [0.5, 0.6) is 0 Å². The van der Waals surface area contributed by atoms with Gasteiger partial charge in [-0.1, -0.05) is 0 Å². The Hall–Kier alpha value is -2.18. The zero-order valence-electron chi connectivity index (χ0n) is 12.9. The first-order valence-corrected chi connectivity index (χ1v) is 8.82. The zero-order chi connectivity index (χ0) is 16.3. The standard InChI is InChI=1S/C17H14N2O2S2/c1-8-4-6-10(22-8)14-12-13(16(20)18-14)15(19(3)17(12)21)11-7-5-9(2)23-11/h4-7H,1-3H3,(H,18,20). The van der Waals surface area contributed by atoms with E-state index < -0.39 is 0 Å². The number of amides is 2. The van der Waals surface area contributed by atoms with Crippen molar-refractivity contribution in [1.82, 2.24) is 10.2 Å². The molecule has 0 saturated heterocycles. The van der Waals surface area contributed by atoms with Crippen LogP contribution >= 0.6 is 22.7 Å². The number of rotatable bonds is 2. The fourth-order valence-electron chi connectivity index (χ4n) is 2.96. The van der Waals surface area contributed by atoms with Gasteiger partial charge in [0.1, 0.15) is 0 Å². The summed E-state index contributed by atoms with van der Waals surface area (Å²) in [6.45, 7) is 4.02. The van der Waals surface area contributed by atoms with Crippen molar-refractivity contribution in [1.29, 1.82) is 0 Å². The van der Waals surface area contributed by atoms with Crippen LogP contribution in [0.4, 0.5) is 0 Å². The highest BCUT2D eigenvalue weighted by atomic mass is 32.1. The van der Waals surface area contributed by atoms with Crippen LogP contribution < -0.4 is 5.32 Å². The summed E-state index contributed by atoms with van der Waals surface area (Å²) in [5.74, 6) is -0.319. The molecule has 0 unspecified atom stereocenters. The van der Waals surface area contributed by atoms with Crippen LogP contribution in [-0.4, -0.2) is 23.8 Å². The maximum atomic E-state index is 12.8. The molecule has 2 amide bonds. The molecule has 0 aromatic carbocycles. The van der Waals surface area contributed by atoms with E-state index in [1.165, 1.54) is 0 Å². The quantitative estimate of drug-likeness (QED) is 0.911. The third-order valence-corrected chi connectivity index (χ3v) is 6.04. The molecule has 0 aliphatic carbocycles. The predicted octanol–water partition coefficient (Wildman–Crippen LogP) is 3.15. The average Bonchev–Trinajstić information content (AvgIpc) is 3.23. The van der Waals surface area contributed by atoms with Crippen LogP contribution in [0.1, 0.15) is 19.5 Å². The highest BCUT2D eigenvalue weighted by Gasteiger charge is 2.44. The number of fused-ring (bicyclic) bond motifs is 1. The summed E-state index contributed by atoms with van der Waals surface area (Å²) in [6, 6.07) is 7.92. The number of thiophene rings is 2. The van der Waals surface area contributed by atoms with Crippen LogP contribution in [0.3, 0.4) is 0 Å². The van der Waals surface area contributed by atoms with Gasteiger partial charge in [0, 0.05) is 16.8 Å². The smallest absolute Gasteiger partial charge is 0.261 e. The van der Waals surface area contributed by atoms with E-state index in [0.29, 0.717) is 22.5 Å². The molecule has 2 aromatic heterocycles. The molecule has 2 aromatic rings. The lowest BCUT2D eigenvalue weighted by Crippen LogP contribution is -2.23. The van der Waals surface area contributed by atoms with E-state index in [1.807, 2.05) is 38.1 Å². The maximum Gasteiger partial charge on any atom is 0.261 e. The number of aryl methyl sites for hydroxylation is 2. The molecule has 6 heteroatoms. The van der Waals surface area contributed by atoms with Gasteiger partial charge in [0.2, 0.25) is 0 Å². The van der Waals surface area contributed by atoms with Gasteiger partial charge in [-0.25, -0.2) is 0 Å². The summed E-state index contributed by atoms with van der Waals surface area (Å²) in [5.41, 5.74) is 2.35. The molecule has 0 spiro atoms. The molecule has 1 N–H and O–H groups in total. The number of carbonyl (C=O) groups excluding carboxylic acids is 2. The minimum absolute atomic E-state index is 0.125. The van der Waals surface area contributed by atoms with Gasteiger partial charge in [-0.3, -0.25) is 9.59 Å². The molecule has 2 aliphatic rings. The van der Waals surface area contributed by atoms with Crippen molar-refractivity contribution in [3.05, 3.63) is 54.9 Å². The molecule has 2 aliphatic heterocycles. The van der Waals surface area contributed by atoms with Crippen molar-refractivity contribution < 1.29 is 9.59 Å². The molecule has 4 rings (SSSR count). The van der Waals surface area contributed by atoms with E-state index in [1.54, 1.807) is 34.6 Å². The van der Waals surface area contributed by atoms with E-state index in [-0.39, 0.29) is 11.8 Å². The topological polar surface area (TPSA) is 49.4 Å². The highest BCUT2D eigenvalue weighted by Crippen LogP contribution is 2.43. The summed E-state index contributed by atoms with van der Waals surface area (Å²) in [4.78, 5) is 31.1. The third kappa shape index (κ3) is 2.02. The fourth-order valence-corrected chi connectivity index (χ4v) is 4.79. The van der Waals surface area contributed by atoms with E-state index in [4.69, 9.17) is 0 Å². The Morgan fingerprint density at radius 2 is 1.52 bits per heavy atom. The summed E-state index contributed by atoms with van der Waals surface area (Å²) < 4.78 is 0. The minimum Gasteiger partial charge on any atom is -0.320 e. The SMILES string of the molecule is Cc1ccc(C2=C3C(=O)N(C)C(c4ccc(C)s4)=C3C(=O)N2)s1. The lowest BCUT2D eigenvalue weighted by molar-refractivity contribution is -0.122. The van der Waals surface area contributed by atoms with Gasteiger partial charge in [-0.05, 0) is 38.1 Å². The van der Waals surface area contributed by atoms with Crippen molar-refractivity contribution in [3.63, 3.8) is 0 Å². The monoisotopic (exact) mass is 342 g/mol. The Morgan fingerprint density at radius 1 is 0.913 bits per heavy atom. The number of nitrogens with one attached hydrogen (secondary N) is 1. The first-order chi connectivity index (χ1) is 11.0. The normalized spacial score (nSPS) is 17.4. The number of nitrogens with zero attached hydrogens (tertiary/aromatic N) is 1. The van der Waals surface area contributed by atoms with Crippen LogP contribution in [0.2, 0.25) is 0 Å². The van der Waals surface area contributed by atoms with Crippen molar-refractivity contribution in [2.45, 2.75) is 13.8 Å². The van der Waals surface area contributed by atoms with E-state index >= 15 is 0 Å². The Morgan fingerprint density at radius 3 is 2.09 bits per heavy atom. The lowest BCUT2D eigenvalue weighted by atomic mass is 10.1. The summed E-state index contributed by atoms with van der Waals surface area (Å²) in [5, 5.41) is 2.89. The van der Waals surface area contributed by atoms with Crippen molar-refractivity contribution >= 4 is 45.9 Å². The van der Waals surface area contributed by atoms with Gasteiger partial charge in [0.25, 0.3) is 11.8 Å². The minimum atomic E-state index is -0.195. The summed E-state index contributed by atoms with van der Waals surface area (Å²) >= 11 is 3.17. The summed E-state index contributed by atoms with van der Waals surface area (Å²) in [6.07, 6.45) is 0. The van der Waals surface area contributed by atoms with Crippen LogP contribution in [0, 0.1) is 13.8 Å².